The number of H-pyrrole nitrogens is 1. The van der Waals surface area contributed by atoms with Crippen LogP contribution >= 0.6 is 0 Å². The predicted molar refractivity (Wildman–Crippen MR) is 119 cm³/mol. The quantitative estimate of drug-likeness (QED) is 0.344. The lowest BCUT2D eigenvalue weighted by Crippen LogP contribution is -2.10. The van der Waals surface area contributed by atoms with Gasteiger partial charge in [-0.25, -0.2) is 15.0 Å². The highest BCUT2D eigenvalue weighted by Gasteiger charge is 2.13. The minimum atomic E-state index is -0.226. The lowest BCUT2D eigenvalue weighted by Gasteiger charge is -2.11. The van der Waals surface area contributed by atoms with E-state index in [4.69, 9.17) is 9.97 Å². The van der Waals surface area contributed by atoms with Gasteiger partial charge in [-0.15, -0.1) is 0 Å². The molecule has 30 heavy (non-hydrogen) atoms. The molecule has 3 heterocycles. The summed E-state index contributed by atoms with van der Waals surface area (Å²) in [4.78, 5) is 17.1. The zero-order valence-electron chi connectivity index (χ0n) is 17.3. The van der Waals surface area contributed by atoms with E-state index in [0.29, 0.717) is 12.4 Å². The molecule has 1 atom stereocenters. The number of hydrogen-bond donors (Lipinski definition) is 3. The molecule has 0 amide bonds. The summed E-state index contributed by atoms with van der Waals surface area (Å²) in [5, 5.41) is 14.4. The molecule has 0 radical (unpaired) electrons. The average molecular weight is 405 g/mol. The molecule has 0 bridgehead atoms. The minimum absolute atomic E-state index is 0.226. The predicted octanol–water partition coefficient (Wildman–Crippen LogP) is 4.22. The van der Waals surface area contributed by atoms with Crippen molar-refractivity contribution in [2.45, 2.75) is 45.3 Å². The number of benzene rings is 1. The van der Waals surface area contributed by atoms with Crippen molar-refractivity contribution in [1.82, 2.24) is 24.5 Å². The van der Waals surface area contributed by atoms with E-state index >= 15 is 0 Å². The molecule has 0 unspecified atom stereocenters. The topological polar surface area (TPSA) is 91.6 Å². The van der Waals surface area contributed by atoms with Crippen LogP contribution in [-0.2, 0) is 6.54 Å². The van der Waals surface area contributed by atoms with Crippen LogP contribution in [0, 0.1) is 0 Å². The number of aromatic amines is 1. The summed E-state index contributed by atoms with van der Waals surface area (Å²) in [5.41, 5.74) is 2.84. The number of nitrogens with one attached hydrogen (secondary N) is 2. The fourth-order valence-electron chi connectivity index (χ4n) is 3.60. The minimum Gasteiger partial charge on any atom is -0.393 e. The summed E-state index contributed by atoms with van der Waals surface area (Å²) >= 11 is 0. The first-order valence-electron chi connectivity index (χ1n) is 10.6. The molecule has 0 saturated carbocycles. The van der Waals surface area contributed by atoms with Crippen molar-refractivity contribution in [3.63, 3.8) is 0 Å². The van der Waals surface area contributed by atoms with Gasteiger partial charge in [-0.05, 0) is 25.3 Å². The van der Waals surface area contributed by atoms with Crippen molar-refractivity contribution >= 4 is 16.9 Å². The Hall–Kier alpha value is -3.19. The second-order valence-corrected chi connectivity index (χ2v) is 7.57. The average Bonchev–Trinajstić information content (AvgIpc) is 3.41. The van der Waals surface area contributed by atoms with Crippen LogP contribution in [0.4, 0.5) is 5.82 Å². The van der Waals surface area contributed by atoms with Crippen LogP contribution in [0.5, 0.6) is 0 Å². The Balaban J connectivity index is 1.59. The highest BCUT2D eigenvalue weighted by molar-refractivity contribution is 5.89. The number of aromatic nitrogens is 5. The first kappa shape index (κ1) is 20.1. The highest BCUT2D eigenvalue weighted by atomic mass is 16.3. The second-order valence-electron chi connectivity index (χ2n) is 7.57. The zero-order chi connectivity index (χ0) is 20.8. The summed E-state index contributed by atoms with van der Waals surface area (Å²) in [6.45, 7) is 3.54. The van der Waals surface area contributed by atoms with Crippen LogP contribution < -0.4 is 5.32 Å². The van der Waals surface area contributed by atoms with E-state index in [-0.39, 0.29) is 6.10 Å². The van der Waals surface area contributed by atoms with Gasteiger partial charge in [0.1, 0.15) is 11.5 Å². The van der Waals surface area contributed by atoms with Crippen LogP contribution in [0.25, 0.3) is 22.4 Å². The van der Waals surface area contributed by atoms with E-state index in [2.05, 4.69) is 28.3 Å². The monoisotopic (exact) mass is 404 g/mol. The molecular weight excluding hydrogens is 376 g/mol. The molecule has 1 aromatic carbocycles. The Kier molecular flexibility index (Phi) is 6.39. The smallest absolute Gasteiger partial charge is 0.163 e. The third-order valence-corrected chi connectivity index (χ3v) is 5.12. The number of aliphatic hydroxyl groups excluding tert-OH is 1. The van der Waals surface area contributed by atoms with Crippen molar-refractivity contribution in [2.24, 2.45) is 0 Å². The Bertz CT molecular complexity index is 1060. The van der Waals surface area contributed by atoms with Crippen molar-refractivity contribution in [2.75, 3.05) is 11.9 Å². The molecular formula is C23H28N6O. The zero-order valence-corrected chi connectivity index (χ0v) is 17.3. The van der Waals surface area contributed by atoms with Crippen LogP contribution in [-0.4, -0.2) is 42.3 Å². The maximum atomic E-state index is 9.97. The van der Waals surface area contributed by atoms with Gasteiger partial charge >= 0.3 is 0 Å². The Morgan fingerprint density at radius 1 is 1.17 bits per heavy atom. The molecule has 0 spiro atoms. The maximum absolute atomic E-state index is 9.97. The molecule has 156 valence electrons. The van der Waals surface area contributed by atoms with E-state index in [1.807, 2.05) is 41.1 Å². The second kappa shape index (κ2) is 9.54. The van der Waals surface area contributed by atoms with Crippen LogP contribution in [0.2, 0.25) is 0 Å². The van der Waals surface area contributed by atoms with Crippen LogP contribution in [0.3, 0.4) is 0 Å². The Morgan fingerprint density at radius 2 is 2.03 bits per heavy atom. The molecule has 0 aliphatic heterocycles. The van der Waals surface area contributed by atoms with Crippen molar-refractivity contribution in [3.05, 3.63) is 60.8 Å². The van der Waals surface area contributed by atoms with Gasteiger partial charge in [-0.3, -0.25) is 0 Å². The normalized spacial score (nSPS) is 12.3. The van der Waals surface area contributed by atoms with Crippen LogP contribution in [0.1, 0.15) is 38.3 Å². The van der Waals surface area contributed by atoms with Gasteiger partial charge in [0.15, 0.2) is 5.82 Å². The third kappa shape index (κ3) is 4.86. The molecule has 4 aromatic rings. The summed E-state index contributed by atoms with van der Waals surface area (Å²) in [5.74, 6) is 1.50. The number of hydrogen-bond acceptors (Lipinski definition) is 5. The lowest BCUT2D eigenvalue weighted by atomic mass is 10.1. The number of rotatable bonds is 10. The Morgan fingerprint density at radius 3 is 2.80 bits per heavy atom. The van der Waals surface area contributed by atoms with Crippen molar-refractivity contribution in [3.8, 4) is 11.4 Å². The number of aliphatic hydroxyl groups is 1. The summed E-state index contributed by atoms with van der Waals surface area (Å²) in [6, 6.07) is 12.1. The molecule has 4 rings (SSSR count). The third-order valence-electron chi connectivity index (χ3n) is 5.12. The Labute approximate surface area is 176 Å². The number of anilines is 1. The summed E-state index contributed by atoms with van der Waals surface area (Å²) < 4.78 is 2.01. The fraction of sp³-hybridized carbons (Fsp3) is 0.348. The first-order valence-corrected chi connectivity index (χ1v) is 10.6. The molecule has 0 aliphatic rings. The fourth-order valence-corrected chi connectivity index (χ4v) is 3.60. The van der Waals surface area contributed by atoms with Crippen LogP contribution in [0.15, 0.2) is 55.1 Å². The van der Waals surface area contributed by atoms with Gasteiger partial charge in [0, 0.05) is 30.2 Å². The molecule has 0 aliphatic carbocycles. The number of imidazole rings is 1. The van der Waals surface area contributed by atoms with E-state index in [1.165, 1.54) is 0 Å². The van der Waals surface area contributed by atoms with Gasteiger partial charge in [0.05, 0.1) is 24.4 Å². The molecule has 0 fully saturated rings. The number of nitrogens with zero attached hydrogens (tertiary/aromatic N) is 4. The van der Waals surface area contributed by atoms with E-state index in [1.54, 1.807) is 12.5 Å². The van der Waals surface area contributed by atoms with Gasteiger partial charge in [0.25, 0.3) is 0 Å². The molecule has 7 heteroatoms. The number of fused-ring (bicyclic) bond motifs is 1. The summed E-state index contributed by atoms with van der Waals surface area (Å²) in [7, 11) is 0. The largest absolute Gasteiger partial charge is 0.393 e. The maximum Gasteiger partial charge on any atom is 0.163 e. The van der Waals surface area contributed by atoms with Gasteiger partial charge in [-0.2, -0.15) is 0 Å². The van der Waals surface area contributed by atoms with E-state index < -0.39 is 0 Å². The van der Waals surface area contributed by atoms with Crippen molar-refractivity contribution < 1.29 is 5.11 Å². The standard InChI is InChI=1S/C23H28N6O/c1-2-7-19(30)10-6-11-25-22-20-14-18(15-29-13-12-24-16-29)26-23(20)28-21(27-22)17-8-4-3-5-9-17/h3-5,8-9,12-14,16,19,30H,2,6-7,10-11,15H2,1H3,(H2,25,26,27,28)/t19-/m1/s1. The van der Waals surface area contributed by atoms with E-state index in [0.717, 1.165) is 60.3 Å². The van der Waals surface area contributed by atoms with Crippen molar-refractivity contribution in [1.29, 1.82) is 0 Å². The summed E-state index contributed by atoms with van der Waals surface area (Å²) in [6.07, 6.45) is 8.82. The highest BCUT2D eigenvalue weighted by Crippen LogP contribution is 2.26. The molecule has 0 saturated heterocycles. The van der Waals surface area contributed by atoms with Gasteiger partial charge < -0.3 is 20.0 Å². The van der Waals surface area contributed by atoms with Gasteiger partial charge in [-0.1, -0.05) is 43.7 Å². The first-order chi connectivity index (χ1) is 14.7. The van der Waals surface area contributed by atoms with E-state index in [9.17, 15) is 5.11 Å². The molecule has 3 aromatic heterocycles. The SMILES string of the molecule is CCC[C@@H](O)CCCNc1nc(-c2ccccc2)nc2[nH]c(Cn3ccnc3)cc12. The molecule has 3 N–H and O–H groups in total. The molecule has 7 nitrogen and oxygen atoms in total. The lowest BCUT2D eigenvalue weighted by molar-refractivity contribution is 0.152. The van der Waals surface area contributed by atoms with Gasteiger partial charge in [0.2, 0.25) is 0 Å².